The molecule has 0 spiro atoms. The van der Waals surface area contributed by atoms with Crippen LogP contribution in [-0.2, 0) is 20.2 Å². The fraction of sp³-hybridized carbons (Fsp3) is 0.600. The molecule has 3 N–H and O–H groups in total. The first-order valence-corrected chi connectivity index (χ1v) is 11.5. The number of ether oxygens (including phenoxy) is 2. The first-order chi connectivity index (χ1) is 16.4. The molecular formula is C20H24ClN7O6. The summed E-state index contributed by atoms with van der Waals surface area (Å²) in [7, 11) is 0. The Morgan fingerprint density at radius 2 is 2.09 bits per heavy atom. The number of aliphatic hydroxyl groups excluding tert-OH is 2. The number of carbonyl (C=O) groups is 1. The highest BCUT2D eigenvalue weighted by Gasteiger charge is 2.61. The molecule has 2 fully saturated rings. The molecule has 1 aliphatic carbocycles. The van der Waals surface area contributed by atoms with Crippen LogP contribution in [-0.4, -0.2) is 64.6 Å². The van der Waals surface area contributed by atoms with Gasteiger partial charge in [-0.15, -0.1) is 0 Å². The summed E-state index contributed by atoms with van der Waals surface area (Å²) < 4.78 is 17.6. The van der Waals surface area contributed by atoms with E-state index in [1.165, 1.54) is 10.9 Å². The molecule has 0 unspecified atom stereocenters. The van der Waals surface area contributed by atoms with E-state index in [4.69, 9.17) is 25.6 Å². The van der Waals surface area contributed by atoms with E-state index in [0.29, 0.717) is 17.2 Å². The van der Waals surface area contributed by atoms with Crippen LogP contribution < -0.4 is 5.32 Å². The van der Waals surface area contributed by atoms with Gasteiger partial charge in [0.2, 0.25) is 5.28 Å². The van der Waals surface area contributed by atoms with Gasteiger partial charge in [-0.2, -0.15) is 15.0 Å². The number of aliphatic hydroxyl groups is 2. The molecule has 1 saturated carbocycles. The summed E-state index contributed by atoms with van der Waals surface area (Å²) in [4.78, 5) is 28.6. The first kappa shape index (κ1) is 22.9. The molecule has 0 radical (unpaired) electrons. The molecule has 1 saturated heterocycles. The Labute approximate surface area is 198 Å². The molecule has 0 amide bonds. The number of imidazole rings is 1. The van der Waals surface area contributed by atoms with Crippen LogP contribution in [0.2, 0.25) is 5.28 Å². The highest BCUT2D eigenvalue weighted by Crippen LogP contribution is 2.46. The summed E-state index contributed by atoms with van der Waals surface area (Å²) in [6.07, 6.45) is 0.240. The van der Waals surface area contributed by atoms with E-state index in [0.717, 1.165) is 25.7 Å². The minimum atomic E-state index is -2.22. The van der Waals surface area contributed by atoms with E-state index >= 15 is 0 Å². The zero-order valence-corrected chi connectivity index (χ0v) is 19.2. The van der Waals surface area contributed by atoms with Crippen molar-refractivity contribution in [3.8, 4) is 0 Å². The second-order valence-electron chi connectivity index (χ2n) is 8.37. The summed E-state index contributed by atoms with van der Waals surface area (Å²) in [6.45, 7) is 4.16. The monoisotopic (exact) mass is 493 g/mol. The molecule has 4 atom stereocenters. The van der Waals surface area contributed by atoms with Crippen LogP contribution in [0.5, 0.6) is 0 Å². The molecule has 1 aliphatic heterocycles. The van der Waals surface area contributed by atoms with Gasteiger partial charge in [0.05, 0.1) is 0 Å². The number of anilines is 1. The van der Waals surface area contributed by atoms with E-state index in [2.05, 4.69) is 30.4 Å². The third-order valence-electron chi connectivity index (χ3n) is 6.19. The number of rotatable bonds is 9. The standard InChI is InChI=1S/C20H24ClN7O6/c1-3-10(4-2)23-16-11-17(26-19(21)25-16)28(7-22-11)20(32-8-29)14(31)12(30)13(33-20)18-24-15(27-34-18)9-5-6-9/h7-10,12-14,30-31H,3-6H2,1-2H3,(H,23,25,26)/t12-,13+,14-,20+/m1/s1. The van der Waals surface area contributed by atoms with Crippen LogP contribution in [0.1, 0.15) is 63.3 Å². The molecule has 3 aromatic heterocycles. The van der Waals surface area contributed by atoms with Gasteiger partial charge < -0.3 is 29.5 Å². The number of halogens is 1. The Bertz CT molecular complexity index is 1200. The Balaban J connectivity index is 1.57. The smallest absolute Gasteiger partial charge is 0.334 e. The second kappa shape index (κ2) is 8.73. The Morgan fingerprint density at radius 3 is 2.76 bits per heavy atom. The zero-order chi connectivity index (χ0) is 24.0. The van der Waals surface area contributed by atoms with Crippen molar-refractivity contribution in [1.29, 1.82) is 0 Å². The molecule has 14 heteroatoms. The number of fused-ring (bicyclic) bond motifs is 1. The lowest BCUT2D eigenvalue weighted by molar-refractivity contribution is -0.291. The Morgan fingerprint density at radius 1 is 1.32 bits per heavy atom. The van der Waals surface area contributed by atoms with Crippen molar-refractivity contribution in [3.63, 3.8) is 0 Å². The topological polar surface area (TPSA) is 171 Å². The highest BCUT2D eigenvalue weighted by molar-refractivity contribution is 6.28. The lowest BCUT2D eigenvalue weighted by Crippen LogP contribution is -2.47. The quantitative estimate of drug-likeness (QED) is 0.291. The molecule has 2 aliphatic rings. The summed E-state index contributed by atoms with van der Waals surface area (Å²) in [5, 5.41) is 28.9. The third kappa shape index (κ3) is 3.68. The van der Waals surface area contributed by atoms with Gasteiger partial charge in [-0.3, -0.25) is 4.79 Å². The van der Waals surface area contributed by atoms with E-state index < -0.39 is 24.2 Å². The summed E-state index contributed by atoms with van der Waals surface area (Å²) >= 11 is 6.18. The van der Waals surface area contributed by atoms with Crippen molar-refractivity contribution in [3.05, 3.63) is 23.3 Å². The van der Waals surface area contributed by atoms with Crippen molar-refractivity contribution in [2.45, 2.75) is 75.7 Å². The molecule has 182 valence electrons. The number of hydrogen-bond donors (Lipinski definition) is 3. The van der Waals surface area contributed by atoms with Gasteiger partial charge in [0.25, 0.3) is 12.4 Å². The second-order valence-corrected chi connectivity index (χ2v) is 8.71. The van der Waals surface area contributed by atoms with E-state index in [1.54, 1.807) is 0 Å². The zero-order valence-electron chi connectivity index (χ0n) is 18.5. The molecule has 5 rings (SSSR count). The largest absolute Gasteiger partial charge is 0.413 e. The molecule has 3 aromatic rings. The minimum Gasteiger partial charge on any atom is -0.413 e. The van der Waals surface area contributed by atoms with Gasteiger partial charge >= 0.3 is 5.91 Å². The van der Waals surface area contributed by atoms with Crippen LogP contribution in [0, 0.1) is 0 Å². The van der Waals surface area contributed by atoms with Crippen LogP contribution in [0.3, 0.4) is 0 Å². The maximum Gasteiger partial charge on any atom is 0.334 e. The van der Waals surface area contributed by atoms with Gasteiger partial charge in [-0.05, 0) is 37.3 Å². The number of carbonyl (C=O) groups excluding carboxylic acids is 1. The van der Waals surface area contributed by atoms with Gasteiger partial charge in [0.15, 0.2) is 35.0 Å². The van der Waals surface area contributed by atoms with Crippen molar-refractivity contribution in [2.24, 2.45) is 0 Å². The predicted octanol–water partition coefficient (Wildman–Crippen LogP) is 1.62. The van der Waals surface area contributed by atoms with Crippen LogP contribution in [0.15, 0.2) is 10.9 Å². The molecule has 34 heavy (non-hydrogen) atoms. The Hall–Kier alpha value is -2.87. The van der Waals surface area contributed by atoms with Gasteiger partial charge in [0, 0.05) is 12.0 Å². The third-order valence-corrected chi connectivity index (χ3v) is 6.36. The van der Waals surface area contributed by atoms with Gasteiger partial charge in [-0.25, -0.2) is 9.55 Å². The van der Waals surface area contributed by atoms with Crippen molar-refractivity contribution in [1.82, 2.24) is 29.7 Å². The van der Waals surface area contributed by atoms with Crippen molar-refractivity contribution >= 4 is 35.1 Å². The Kier molecular flexibility index (Phi) is 5.88. The summed E-state index contributed by atoms with van der Waals surface area (Å²) in [6, 6.07) is 0.109. The molecule has 4 heterocycles. The number of nitrogens with zero attached hydrogens (tertiary/aromatic N) is 6. The minimum absolute atomic E-state index is 0.0435. The summed E-state index contributed by atoms with van der Waals surface area (Å²) in [5.41, 5.74) is 0.430. The first-order valence-electron chi connectivity index (χ1n) is 11.1. The van der Waals surface area contributed by atoms with Crippen LogP contribution in [0.25, 0.3) is 11.2 Å². The number of nitrogens with one attached hydrogen (secondary N) is 1. The maximum absolute atomic E-state index is 11.5. The maximum atomic E-state index is 11.5. The normalized spacial score (nSPS) is 26.9. The van der Waals surface area contributed by atoms with E-state index in [9.17, 15) is 15.0 Å². The van der Waals surface area contributed by atoms with E-state index in [1.807, 2.05) is 13.8 Å². The lowest BCUT2D eigenvalue weighted by atomic mass is 10.1. The average molecular weight is 494 g/mol. The van der Waals surface area contributed by atoms with Crippen LogP contribution in [0.4, 0.5) is 5.82 Å². The summed E-state index contributed by atoms with van der Waals surface area (Å²) in [5.74, 6) is -1.19. The molecular weight excluding hydrogens is 470 g/mol. The van der Waals surface area contributed by atoms with E-state index in [-0.39, 0.29) is 35.3 Å². The van der Waals surface area contributed by atoms with Crippen LogP contribution >= 0.6 is 11.6 Å². The predicted molar refractivity (Wildman–Crippen MR) is 116 cm³/mol. The average Bonchev–Trinajstić information content (AvgIpc) is 3.31. The van der Waals surface area contributed by atoms with Gasteiger partial charge in [-0.1, -0.05) is 19.0 Å². The number of hydrogen-bond acceptors (Lipinski definition) is 12. The van der Waals surface area contributed by atoms with Gasteiger partial charge in [0.1, 0.15) is 12.4 Å². The lowest BCUT2D eigenvalue weighted by Gasteiger charge is -2.30. The molecule has 13 nitrogen and oxygen atoms in total. The molecule has 0 aromatic carbocycles. The van der Waals surface area contributed by atoms with Crippen molar-refractivity contribution < 1.29 is 29.0 Å². The number of aromatic nitrogens is 6. The fourth-order valence-corrected chi connectivity index (χ4v) is 4.24. The fourth-order valence-electron chi connectivity index (χ4n) is 4.08. The molecule has 0 bridgehead atoms. The SMILES string of the molecule is CCC(CC)Nc1nc(Cl)nc2c1ncn2[C@@]1(OC=O)O[C@H](c2nc(C3CC3)no2)[C@@H](O)[C@H]1O. The highest BCUT2D eigenvalue weighted by atomic mass is 35.5. The van der Waals surface area contributed by atoms with Crippen molar-refractivity contribution in [2.75, 3.05) is 5.32 Å².